The lowest BCUT2D eigenvalue weighted by Crippen LogP contribution is -2.29. The van der Waals surface area contributed by atoms with E-state index in [0.29, 0.717) is 0 Å². The minimum Gasteiger partial charge on any atom is -0.271 e. The lowest BCUT2D eigenvalue weighted by atomic mass is 10.2. The van der Waals surface area contributed by atoms with E-state index in [1.165, 1.54) is 11.5 Å². The maximum atomic E-state index is 5.44. The Balaban J connectivity index is 2.08. The SMILES string of the molecule is NNC(Cc1nccs1)c1csnn1. The van der Waals surface area contributed by atoms with Crippen LogP contribution in [-0.2, 0) is 6.42 Å². The molecule has 2 aromatic rings. The standard InChI is InChI=1S/C7H9N5S2/c8-10-5(6-4-14-12-11-6)3-7-9-1-2-13-7/h1-2,4-5,10H,3,8H2. The molecule has 2 heterocycles. The van der Waals surface area contributed by atoms with Gasteiger partial charge in [0.25, 0.3) is 0 Å². The first kappa shape index (κ1) is 9.66. The van der Waals surface area contributed by atoms with Crippen LogP contribution in [0.1, 0.15) is 16.7 Å². The van der Waals surface area contributed by atoms with E-state index >= 15 is 0 Å². The molecule has 5 nitrogen and oxygen atoms in total. The number of hydrazine groups is 1. The summed E-state index contributed by atoms with van der Waals surface area (Å²) >= 11 is 2.93. The van der Waals surface area contributed by atoms with Crippen molar-refractivity contribution in [1.29, 1.82) is 0 Å². The Bertz CT molecular complexity index is 357. The Morgan fingerprint density at radius 2 is 2.50 bits per heavy atom. The molecular formula is C7H9N5S2. The molecule has 0 aromatic carbocycles. The Morgan fingerprint density at radius 1 is 1.57 bits per heavy atom. The zero-order valence-corrected chi connectivity index (χ0v) is 8.88. The largest absolute Gasteiger partial charge is 0.271 e. The Labute approximate surface area is 89.1 Å². The van der Waals surface area contributed by atoms with Crippen molar-refractivity contribution >= 4 is 22.9 Å². The van der Waals surface area contributed by atoms with E-state index in [4.69, 9.17) is 5.84 Å². The highest BCUT2D eigenvalue weighted by Crippen LogP contribution is 2.17. The summed E-state index contributed by atoms with van der Waals surface area (Å²) in [5, 5.41) is 8.85. The van der Waals surface area contributed by atoms with E-state index in [-0.39, 0.29) is 6.04 Å². The maximum absolute atomic E-state index is 5.44. The summed E-state index contributed by atoms with van der Waals surface area (Å²) in [6.07, 6.45) is 2.53. The molecule has 0 saturated heterocycles. The lowest BCUT2D eigenvalue weighted by molar-refractivity contribution is 0.536. The summed E-state index contributed by atoms with van der Waals surface area (Å²) in [5.74, 6) is 5.44. The van der Waals surface area contributed by atoms with Gasteiger partial charge in [0, 0.05) is 23.4 Å². The number of rotatable bonds is 4. The average Bonchev–Trinajstić information content (AvgIpc) is 2.86. The summed E-state index contributed by atoms with van der Waals surface area (Å²) in [5.41, 5.74) is 3.58. The van der Waals surface area contributed by atoms with Gasteiger partial charge in [-0.25, -0.2) is 4.98 Å². The van der Waals surface area contributed by atoms with Crippen LogP contribution in [0.2, 0.25) is 0 Å². The molecule has 0 aliphatic heterocycles. The van der Waals surface area contributed by atoms with Crippen LogP contribution in [0.4, 0.5) is 0 Å². The summed E-state index contributed by atoms with van der Waals surface area (Å²) in [6.45, 7) is 0. The quantitative estimate of drug-likeness (QED) is 0.595. The van der Waals surface area contributed by atoms with E-state index in [1.807, 2.05) is 10.8 Å². The number of aromatic nitrogens is 3. The van der Waals surface area contributed by atoms with E-state index in [0.717, 1.165) is 17.1 Å². The van der Waals surface area contributed by atoms with E-state index in [1.54, 1.807) is 17.5 Å². The summed E-state index contributed by atoms with van der Waals surface area (Å²) < 4.78 is 3.80. The number of nitrogens with two attached hydrogens (primary N) is 1. The second kappa shape index (κ2) is 4.56. The number of nitrogens with one attached hydrogen (secondary N) is 1. The van der Waals surface area contributed by atoms with Gasteiger partial charge in [-0.2, -0.15) is 0 Å². The molecule has 2 rings (SSSR count). The van der Waals surface area contributed by atoms with Gasteiger partial charge < -0.3 is 0 Å². The van der Waals surface area contributed by atoms with Crippen molar-refractivity contribution in [3.63, 3.8) is 0 Å². The van der Waals surface area contributed by atoms with Crippen LogP contribution in [0.3, 0.4) is 0 Å². The molecule has 0 bridgehead atoms. The zero-order chi connectivity index (χ0) is 9.80. The number of hydrogen-bond acceptors (Lipinski definition) is 7. The fourth-order valence-corrected chi connectivity index (χ4v) is 2.27. The summed E-state index contributed by atoms with van der Waals surface area (Å²) in [7, 11) is 0. The topological polar surface area (TPSA) is 76.7 Å². The molecule has 7 heteroatoms. The van der Waals surface area contributed by atoms with Crippen molar-refractivity contribution in [1.82, 2.24) is 20.0 Å². The molecule has 0 spiro atoms. The molecular weight excluding hydrogens is 218 g/mol. The molecule has 0 saturated carbocycles. The molecule has 14 heavy (non-hydrogen) atoms. The summed E-state index contributed by atoms with van der Waals surface area (Å²) in [6, 6.07) is -0.0000926. The van der Waals surface area contributed by atoms with Crippen LogP contribution in [0, 0.1) is 0 Å². The van der Waals surface area contributed by atoms with Gasteiger partial charge in [-0.1, -0.05) is 4.49 Å². The van der Waals surface area contributed by atoms with Crippen LogP contribution in [-0.4, -0.2) is 14.6 Å². The first-order valence-corrected chi connectivity index (χ1v) is 5.73. The van der Waals surface area contributed by atoms with Gasteiger partial charge in [0.05, 0.1) is 16.7 Å². The van der Waals surface area contributed by atoms with Gasteiger partial charge in [-0.05, 0) is 11.5 Å². The van der Waals surface area contributed by atoms with Crippen molar-refractivity contribution < 1.29 is 0 Å². The van der Waals surface area contributed by atoms with Crippen LogP contribution >= 0.6 is 22.9 Å². The second-order valence-electron chi connectivity index (χ2n) is 2.68. The van der Waals surface area contributed by atoms with Crippen LogP contribution in [0.15, 0.2) is 17.0 Å². The normalized spacial score (nSPS) is 12.9. The van der Waals surface area contributed by atoms with Crippen molar-refractivity contribution in [3.05, 3.63) is 27.7 Å². The highest BCUT2D eigenvalue weighted by atomic mass is 32.1. The maximum Gasteiger partial charge on any atom is 0.0944 e. The Hall–Kier alpha value is -0.890. The average molecular weight is 227 g/mol. The molecule has 0 radical (unpaired) electrons. The Kier molecular flexibility index (Phi) is 3.14. The fourth-order valence-electron chi connectivity index (χ4n) is 1.10. The lowest BCUT2D eigenvalue weighted by Gasteiger charge is -2.10. The fraction of sp³-hybridized carbons (Fsp3) is 0.286. The first-order valence-electron chi connectivity index (χ1n) is 4.01. The molecule has 0 aliphatic rings. The third-order valence-electron chi connectivity index (χ3n) is 1.80. The first-order chi connectivity index (χ1) is 6.90. The smallest absolute Gasteiger partial charge is 0.0944 e. The minimum atomic E-state index is -0.0000926. The number of thiazole rings is 1. The zero-order valence-electron chi connectivity index (χ0n) is 7.25. The molecule has 1 atom stereocenters. The highest BCUT2D eigenvalue weighted by Gasteiger charge is 2.14. The Morgan fingerprint density at radius 3 is 3.07 bits per heavy atom. The molecule has 1 unspecified atom stereocenters. The van der Waals surface area contributed by atoms with Gasteiger partial charge in [-0.15, -0.1) is 16.4 Å². The summed E-state index contributed by atoms with van der Waals surface area (Å²) in [4.78, 5) is 4.19. The number of hydrogen-bond donors (Lipinski definition) is 2. The van der Waals surface area contributed by atoms with Crippen molar-refractivity contribution in [3.8, 4) is 0 Å². The van der Waals surface area contributed by atoms with Crippen molar-refractivity contribution in [2.24, 2.45) is 5.84 Å². The van der Waals surface area contributed by atoms with Gasteiger partial charge in [0.2, 0.25) is 0 Å². The minimum absolute atomic E-state index is 0.0000926. The molecule has 3 N–H and O–H groups in total. The van der Waals surface area contributed by atoms with Crippen LogP contribution in [0.5, 0.6) is 0 Å². The van der Waals surface area contributed by atoms with Gasteiger partial charge in [0.1, 0.15) is 0 Å². The predicted molar refractivity (Wildman–Crippen MR) is 55.8 cm³/mol. The van der Waals surface area contributed by atoms with E-state index in [9.17, 15) is 0 Å². The van der Waals surface area contributed by atoms with Gasteiger partial charge >= 0.3 is 0 Å². The van der Waals surface area contributed by atoms with Crippen molar-refractivity contribution in [2.75, 3.05) is 0 Å². The molecule has 0 aliphatic carbocycles. The van der Waals surface area contributed by atoms with E-state index in [2.05, 4.69) is 20.0 Å². The van der Waals surface area contributed by atoms with Crippen LogP contribution in [0.25, 0.3) is 0 Å². The molecule has 74 valence electrons. The molecule has 0 amide bonds. The predicted octanol–water partition coefficient (Wildman–Crippen LogP) is 0.742. The van der Waals surface area contributed by atoms with E-state index < -0.39 is 0 Å². The third kappa shape index (κ3) is 2.13. The molecule has 0 fully saturated rings. The van der Waals surface area contributed by atoms with Gasteiger partial charge in [0.15, 0.2) is 0 Å². The highest BCUT2D eigenvalue weighted by molar-refractivity contribution is 7.09. The second-order valence-corrected chi connectivity index (χ2v) is 4.27. The third-order valence-corrected chi connectivity index (χ3v) is 3.12. The van der Waals surface area contributed by atoms with Gasteiger partial charge in [-0.3, -0.25) is 11.3 Å². The number of nitrogens with zero attached hydrogens (tertiary/aromatic N) is 3. The monoisotopic (exact) mass is 227 g/mol. The van der Waals surface area contributed by atoms with Crippen molar-refractivity contribution in [2.45, 2.75) is 12.5 Å². The van der Waals surface area contributed by atoms with Crippen LogP contribution < -0.4 is 11.3 Å². The molecule has 2 aromatic heterocycles.